The van der Waals surface area contributed by atoms with Gasteiger partial charge in [-0.05, 0) is 26.0 Å². The van der Waals surface area contributed by atoms with Crippen molar-refractivity contribution >= 4 is 16.7 Å². The first-order valence-electron chi connectivity index (χ1n) is 6.98. The molecule has 0 bridgehead atoms. The molecule has 0 spiro atoms. The lowest BCUT2D eigenvalue weighted by atomic mass is 10.1. The summed E-state index contributed by atoms with van der Waals surface area (Å²) in [4.78, 5) is 16.1. The molecule has 0 aliphatic rings. The summed E-state index contributed by atoms with van der Waals surface area (Å²) in [5.74, 6) is -0.662. The fraction of sp³-hybridized carbons (Fsp3) is 0.188. The first kappa shape index (κ1) is 14.7. The molecule has 0 aliphatic carbocycles. The summed E-state index contributed by atoms with van der Waals surface area (Å²) in [5.41, 5.74) is 1.44. The molecule has 7 nitrogen and oxygen atoms in total. The van der Waals surface area contributed by atoms with Crippen LogP contribution in [0.15, 0.2) is 36.7 Å². The zero-order valence-corrected chi connectivity index (χ0v) is 12.6. The second-order valence-electron chi connectivity index (χ2n) is 4.99. The van der Waals surface area contributed by atoms with Crippen LogP contribution in [0.4, 0.5) is 0 Å². The van der Waals surface area contributed by atoms with Crippen molar-refractivity contribution < 1.29 is 9.53 Å². The van der Waals surface area contributed by atoms with E-state index in [0.717, 1.165) is 16.5 Å². The molecular formula is C16H13N5O2. The Labute approximate surface area is 132 Å². The second kappa shape index (κ2) is 5.85. The summed E-state index contributed by atoms with van der Waals surface area (Å²) in [6.07, 6.45) is 2.62. The molecule has 1 aromatic carbocycles. The third-order valence-electron chi connectivity index (χ3n) is 3.44. The lowest BCUT2D eigenvalue weighted by Crippen LogP contribution is -2.14. The Balaban J connectivity index is 2.05. The maximum atomic E-state index is 12.0. The van der Waals surface area contributed by atoms with Gasteiger partial charge >= 0.3 is 5.97 Å². The van der Waals surface area contributed by atoms with Crippen LogP contribution in [0.25, 0.3) is 16.5 Å². The molecule has 0 amide bonds. The molecule has 3 aromatic rings. The van der Waals surface area contributed by atoms with Crippen LogP contribution in [0, 0.1) is 18.3 Å². The SMILES string of the molecule is Cc1c(C(=O)OC(C)C#N)nnn1-c1cccc2cnccc12. The van der Waals surface area contributed by atoms with E-state index in [4.69, 9.17) is 10.00 Å². The molecule has 1 atom stereocenters. The van der Waals surface area contributed by atoms with Crippen LogP contribution in [0.1, 0.15) is 23.1 Å². The molecule has 0 aliphatic heterocycles. The highest BCUT2D eigenvalue weighted by Gasteiger charge is 2.21. The topological polar surface area (TPSA) is 93.7 Å². The number of hydrogen-bond donors (Lipinski definition) is 0. The van der Waals surface area contributed by atoms with Gasteiger partial charge in [-0.2, -0.15) is 5.26 Å². The predicted molar refractivity (Wildman–Crippen MR) is 81.9 cm³/mol. The lowest BCUT2D eigenvalue weighted by Gasteiger charge is -2.08. The maximum Gasteiger partial charge on any atom is 0.362 e. The van der Waals surface area contributed by atoms with Gasteiger partial charge in [-0.3, -0.25) is 4.98 Å². The number of carbonyl (C=O) groups is 1. The first-order chi connectivity index (χ1) is 11.1. The average Bonchev–Trinajstić information content (AvgIpc) is 2.95. The third-order valence-corrected chi connectivity index (χ3v) is 3.44. The van der Waals surface area contributed by atoms with Crippen LogP contribution in [-0.4, -0.2) is 32.1 Å². The number of nitriles is 1. The van der Waals surface area contributed by atoms with Crippen molar-refractivity contribution in [1.29, 1.82) is 5.26 Å². The van der Waals surface area contributed by atoms with Crippen molar-refractivity contribution in [2.24, 2.45) is 0 Å². The number of carbonyl (C=O) groups excluding carboxylic acids is 1. The molecular weight excluding hydrogens is 294 g/mol. The highest BCUT2D eigenvalue weighted by atomic mass is 16.5. The van der Waals surface area contributed by atoms with Gasteiger partial charge in [0, 0.05) is 23.2 Å². The van der Waals surface area contributed by atoms with E-state index in [1.165, 1.54) is 6.92 Å². The van der Waals surface area contributed by atoms with E-state index < -0.39 is 12.1 Å². The minimum absolute atomic E-state index is 0.0955. The van der Waals surface area contributed by atoms with Crippen molar-refractivity contribution in [2.75, 3.05) is 0 Å². The molecule has 3 rings (SSSR count). The van der Waals surface area contributed by atoms with Crippen molar-refractivity contribution in [2.45, 2.75) is 20.0 Å². The summed E-state index contributed by atoms with van der Waals surface area (Å²) < 4.78 is 6.56. The summed E-state index contributed by atoms with van der Waals surface area (Å²) in [6, 6.07) is 9.44. The van der Waals surface area contributed by atoms with Gasteiger partial charge in [0.2, 0.25) is 0 Å². The number of rotatable bonds is 3. The van der Waals surface area contributed by atoms with E-state index in [1.54, 1.807) is 24.0 Å². The van der Waals surface area contributed by atoms with E-state index in [-0.39, 0.29) is 5.69 Å². The van der Waals surface area contributed by atoms with Crippen molar-refractivity contribution in [3.63, 3.8) is 0 Å². The molecule has 0 fully saturated rings. The Morgan fingerprint density at radius 3 is 3.00 bits per heavy atom. The molecule has 7 heteroatoms. The van der Waals surface area contributed by atoms with Crippen LogP contribution < -0.4 is 0 Å². The van der Waals surface area contributed by atoms with Crippen LogP contribution in [0.2, 0.25) is 0 Å². The number of fused-ring (bicyclic) bond motifs is 1. The van der Waals surface area contributed by atoms with E-state index >= 15 is 0 Å². The van der Waals surface area contributed by atoms with Crippen LogP contribution >= 0.6 is 0 Å². The molecule has 0 saturated carbocycles. The third kappa shape index (κ3) is 2.62. The van der Waals surface area contributed by atoms with Gasteiger partial charge in [0.15, 0.2) is 11.8 Å². The fourth-order valence-corrected chi connectivity index (χ4v) is 2.28. The maximum absolute atomic E-state index is 12.0. The van der Waals surface area contributed by atoms with Gasteiger partial charge in [0.25, 0.3) is 0 Å². The smallest absolute Gasteiger partial charge is 0.362 e. The normalized spacial score (nSPS) is 11.9. The van der Waals surface area contributed by atoms with Gasteiger partial charge in [0.1, 0.15) is 6.07 Å². The van der Waals surface area contributed by atoms with Crippen LogP contribution in [-0.2, 0) is 4.74 Å². The van der Waals surface area contributed by atoms with Gasteiger partial charge in [-0.15, -0.1) is 5.10 Å². The number of ether oxygens (including phenoxy) is 1. The Morgan fingerprint density at radius 2 is 2.22 bits per heavy atom. The Morgan fingerprint density at radius 1 is 1.39 bits per heavy atom. The number of nitrogens with zero attached hydrogens (tertiary/aromatic N) is 5. The number of benzene rings is 1. The number of esters is 1. The average molecular weight is 307 g/mol. The number of hydrogen-bond acceptors (Lipinski definition) is 6. The second-order valence-corrected chi connectivity index (χ2v) is 4.99. The standard InChI is InChI=1S/C16H13N5O2/c1-10(8-17)23-16(22)15-11(2)21(20-19-15)14-5-3-4-12-9-18-7-6-13(12)14/h3-7,9-10H,1-2H3. The van der Waals surface area contributed by atoms with E-state index in [1.807, 2.05) is 30.3 Å². The fourth-order valence-electron chi connectivity index (χ4n) is 2.28. The monoisotopic (exact) mass is 307 g/mol. The van der Waals surface area contributed by atoms with Gasteiger partial charge in [0.05, 0.1) is 11.4 Å². The minimum atomic E-state index is -0.837. The first-order valence-corrected chi connectivity index (χ1v) is 6.98. The van der Waals surface area contributed by atoms with E-state index in [9.17, 15) is 4.79 Å². The summed E-state index contributed by atoms with van der Waals surface area (Å²) in [5, 5.41) is 18.6. The van der Waals surface area contributed by atoms with Crippen molar-refractivity contribution in [3.05, 3.63) is 48.0 Å². The number of aromatic nitrogens is 4. The summed E-state index contributed by atoms with van der Waals surface area (Å²) in [7, 11) is 0. The highest BCUT2D eigenvalue weighted by Crippen LogP contribution is 2.22. The molecule has 1 unspecified atom stereocenters. The minimum Gasteiger partial charge on any atom is -0.442 e. The van der Waals surface area contributed by atoms with Gasteiger partial charge in [-0.1, -0.05) is 17.3 Å². The van der Waals surface area contributed by atoms with Crippen LogP contribution in [0.5, 0.6) is 0 Å². The lowest BCUT2D eigenvalue weighted by molar-refractivity contribution is 0.0427. The molecule has 2 aromatic heterocycles. The largest absolute Gasteiger partial charge is 0.442 e. The molecule has 0 radical (unpaired) electrons. The van der Waals surface area contributed by atoms with Crippen LogP contribution in [0.3, 0.4) is 0 Å². The van der Waals surface area contributed by atoms with E-state index in [2.05, 4.69) is 15.3 Å². The molecule has 23 heavy (non-hydrogen) atoms. The molecule has 0 N–H and O–H groups in total. The quantitative estimate of drug-likeness (QED) is 0.688. The summed E-state index contributed by atoms with van der Waals surface area (Å²) in [6.45, 7) is 3.23. The van der Waals surface area contributed by atoms with Gasteiger partial charge < -0.3 is 4.74 Å². The highest BCUT2D eigenvalue weighted by molar-refractivity contribution is 5.91. The Hall–Kier alpha value is -3.27. The predicted octanol–water partition coefficient (Wildman–Crippen LogP) is 2.19. The number of pyridine rings is 1. The van der Waals surface area contributed by atoms with E-state index in [0.29, 0.717) is 5.69 Å². The molecule has 114 valence electrons. The Kier molecular flexibility index (Phi) is 3.73. The molecule has 2 heterocycles. The summed E-state index contributed by atoms with van der Waals surface area (Å²) >= 11 is 0. The molecule has 0 saturated heterocycles. The van der Waals surface area contributed by atoms with Crippen molar-refractivity contribution in [3.8, 4) is 11.8 Å². The Bertz CT molecular complexity index is 920. The zero-order valence-electron chi connectivity index (χ0n) is 12.6. The van der Waals surface area contributed by atoms with Crippen molar-refractivity contribution in [1.82, 2.24) is 20.0 Å². The van der Waals surface area contributed by atoms with Gasteiger partial charge in [-0.25, -0.2) is 9.48 Å². The zero-order chi connectivity index (χ0) is 16.4.